The molecule has 0 saturated heterocycles. The van der Waals surface area contributed by atoms with Gasteiger partial charge in [-0.3, -0.25) is 0 Å². The third-order valence-corrected chi connectivity index (χ3v) is 3.02. The van der Waals surface area contributed by atoms with Crippen LogP contribution in [0.2, 0.25) is 5.02 Å². The molecule has 0 spiro atoms. The van der Waals surface area contributed by atoms with Crippen LogP contribution in [0, 0.1) is 0 Å². The Balaban J connectivity index is 3.43. The lowest BCUT2D eigenvalue weighted by atomic mass is 9.99. The van der Waals surface area contributed by atoms with Crippen molar-refractivity contribution in [1.29, 1.82) is 0 Å². The van der Waals surface area contributed by atoms with Gasteiger partial charge in [-0.25, -0.2) is 13.6 Å². The van der Waals surface area contributed by atoms with Crippen molar-refractivity contribution < 1.29 is 13.5 Å². The number of hydrogen-bond donors (Lipinski definition) is 2. The van der Waals surface area contributed by atoms with Crippen LogP contribution in [0.1, 0.15) is 19.4 Å². The molecule has 1 aromatic carbocycles. The van der Waals surface area contributed by atoms with Crippen LogP contribution in [-0.4, -0.2) is 13.5 Å². The largest absolute Gasteiger partial charge is 0.386 e. The summed E-state index contributed by atoms with van der Waals surface area (Å²) in [5, 5.41) is 14.9. The molecule has 0 saturated carbocycles. The van der Waals surface area contributed by atoms with Crippen LogP contribution in [0.15, 0.2) is 23.1 Å². The number of primary sulfonamides is 1. The molecule has 6 heteroatoms. The minimum absolute atomic E-state index is 0.105. The maximum atomic E-state index is 11.1. The van der Waals surface area contributed by atoms with Crippen LogP contribution in [0.4, 0.5) is 0 Å². The Kier molecular flexibility index (Phi) is 3.11. The molecule has 0 heterocycles. The zero-order valence-corrected chi connectivity index (χ0v) is 9.93. The van der Waals surface area contributed by atoms with E-state index in [1.165, 1.54) is 32.0 Å². The summed E-state index contributed by atoms with van der Waals surface area (Å²) in [5.74, 6) is 0. The van der Waals surface area contributed by atoms with Gasteiger partial charge in [0.15, 0.2) is 0 Å². The van der Waals surface area contributed by atoms with E-state index in [9.17, 15) is 13.5 Å². The summed E-state index contributed by atoms with van der Waals surface area (Å²) >= 11 is 5.73. The normalized spacial score (nSPS) is 12.9. The lowest BCUT2D eigenvalue weighted by Crippen LogP contribution is -2.18. The van der Waals surface area contributed by atoms with Gasteiger partial charge in [0, 0.05) is 5.02 Å². The van der Waals surface area contributed by atoms with Gasteiger partial charge in [0.25, 0.3) is 0 Å². The van der Waals surface area contributed by atoms with E-state index in [4.69, 9.17) is 16.7 Å². The Hall–Kier alpha value is -0.620. The van der Waals surface area contributed by atoms with Gasteiger partial charge in [-0.1, -0.05) is 11.6 Å². The highest BCUT2D eigenvalue weighted by Gasteiger charge is 2.19. The molecule has 0 aliphatic heterocycles. The Morgan fingerprint density at radius 1 is 1.33 bits per heavy atom. The van der Waals surface area contributed by atoms with Crippen LogP contribution in [0.5, 0.6) is 0 Å². The molecule has 0 radical (unpaired) electrons. The quantitative estimate of drug-likeness (QED) is 0.827. The van der Waals surface area contributed by atoms with E-state index in [0.717, 1.165) is 0 Å². The van der Waals surface area contributed by atoms with Gasteiger partial charge in [0.05, 0.1) is 10.5 Å². The lowest BCUT2D eigenvalue weighted by molar-refractivity contribution is 0.0784. The van der Waals surface area contributed by atoms with Crippen LogP contribution in [0.3, 0.4) is 0 Å². The zero-order valence-electron chi connectivity index (χ0n) is 8.36. The predicted molar refractivity (Wildman–Crippen MR) is 58.1 cm³/mol. The first-order valence-corrected chi connectivity index (χ1v) is 6.09. The molecule has 0 aliphatic carbocycles. The summed E-state index contributed by atoms with van der Waals surface area (Å²) in [6, 6.07) is 4.05. The molecule has 0 aliphatic rings. The lowest BCUT2D eigenvalue weighted by Gasteiger charge is -2.18. The summed E-state index contributed by atoms with van der Waals surface area (Å²) in [4.78, 5) is -0.105. The molecule has 0 atom stereocenters. The third-order valence-electron chi connectivity index (χ3n) is 1.91. The molecule has 0 unspecified atom stereocenters. The summed E-state index contributed by atoms with van der Waals surface area (Å²) in [5.41, 5.74) is -0.760. The van der Waals surface area contributed by atoms with Gasteiger partial charge in [0.1, 0.15) is 0 Å². The molecule has 0 fully saturated rings. The zero-order chi connectivity index (χ0) is 11.9. The van der Waals surface area contributed by atoms with Crippen LogP contribution in [-0.2, 0) is 15.6 Å². The number of rotatable bonds is 2. The molecule has 0 aromatic heterocycles. The minimum Gasteiger partial charge on any atom is -0.386 e. The minimum atomic E-state index is -3.80. The first kappa shape index (κ1) is 12.4. The Morgan fingerprint density at radius 2 is 1.87 bits per heavy atom. The maximum Gasteiger partial charge on any atom is 0.238 e. The van der Waals surface area contributed by atoms with Crippen LogP contribution < -0.4 is 5.14 Å². The number of benzene rings is 1. The number of sulfonamides is 1. The second kappa shape index (κ2) is 3.75. The molecule has 0 amide bonds. The summed E-state index contributed by atoms with van der Waals surface area (Å²) < 4.78 is 22.2. The van der Waals surface area contributed by atoms with Crippen molar-refractivity contribution in [2.45, 2.75) is 24.3 Å². The van der Waals surface area contributed by atoms with E-state index in [1.54, 1.807) is 0 Å². The van der Waals surface area contributed by atoms with E-state index in [-0.39, 0.29) is 9.92 Å². The highest BCUT2D eigenvalue weighted by Crippen LogP contribution is 2.26. The smallest absolute Gasteiger partial charge is 0.238 e. The monoisotopic (exact) mass is 249 g/mol. The standard InChI is InChI=1S/C9H12ClNO3S/c1-9(2,12)6-3-7(10)5-8(4-6)15(11,13)14/h3-5,12H,1-2H3,(H2,11,13,14). The average molecular weight is 250 g/mol. The first-order valence-electron chi connectivity index (χ1n) is 4.17. The van der Waals surface area contributed by atoms with Crippen LogP contribution >= 0.6 is 11.6 Å². The predicted octanol–water partition coefficient (Wildman–Crippen LogP) is 1.21. The van der Waals surface area contributed by atoms with E-state index >= 15 is 0 Å². The Labute approximate surface area is 93.7 Å². The van der Waals surface area contributed by atoms with Gasteiger partial charge in [0.2, 0.25) is 10.0 Å². The SMILES string of the molecule is CC(C)(O)c1cc(Cl)cc(S(N)(=O)=O)c1. The number of aliphatic hydroxyl groups is 1. The van der Waals surface area contributed by atoms with E-state index in [0.29, 0.717) is 5.56 Å². The molecular formula is C9H12ClNO3S. The van der Waals surface area contributed by atoms with Gasteiger partial charge in [-0.2, -0.15) is 0 Å². The average Bonchev–Trinajstić information content (AvgIpc) is 1.99. The second-order valence-electron chi connectivity index (χ2n) is 3.78. The third kappa shape index (κ3) is 3.17. The van der Waals surface area contributed by atoms with Crippen molar-refractivity contribution in [2.75, 3.05) is 0 Å². The summed E-state index contributed by atoms with van der Waals surface area (Å²) in [6.07, 6.45) is 0. The molecule has 1 rings (SSSR count). The fourth-order valence-electron chi connectivity index (χ4n) is 1.08. The second-order valence-corrected chi connectivity index (χ2v) is 5.78. The van der Waals surface area contributed by atoms with E-state index in [1.807, 2.05) is 0 Å². The van der Waals surface area contributed by atoms with Crippen molar-refractivity contribution in [2.24, 2.45) is 5.14 Å². The van der Waals surface area contributed by atoms with Crippen molar-refractivity contribution in [3.05, 3.63) is 28.8 Å². The molecule has 15 heavy (non-hydrogen) atoms. The van der Waals surface area contributed by atoms with E-state index < -0.39 is 15.6 Å². The molecule has 4 nitrogen and oxygen atoms in total. The molecule has 84 valence electrons. The summed E-state index contributed by atoms with van der Waals surface area (Å²) in [7, 11) is -3.80. The highest BCUT2D eigenvalue weighted by atomic mass is 35.5. The molecular weight excluding hydrogens is 238 g/mol. The van der Waals surface area contributed by atoms with Gasteiger partial charge >= 0.3 is 0 Å². The van der Waals surface area contributed by atoms with Crippen molar-refractivity contribution in [3.8, 4) is 0 Å². The van der Waals surface area contributed by atoms with Crippen LogP contribution in [0.25, 0.3) is 0 Å². The van der Waals surface area contributed by atoms with Crippen molar-refractivity contribution in [3.63, 3.8) is 0 Å². The molecule has 3 N–H and O–H groups in total. The number of nitrogens with two attached hydrogens (primary N) is 1. The number of hydrogen-bond acceptors (Lipinski definition) is 3. The van der Waals surface area contributed by atoms with Gasteiger partial charge in [-0.15, -0.1) is 0 Å². The van der Waals surface area contributed by atoms with Crippen molar-refractivity contribution in [1.82, 2.24) is 0 Å². The maximum absolute atomic E-state index is 11.1. The summed E-state index contributed by atoms with van der Waals surface area (Å²) in [6.45, 7) is 3.07. The van der Waals surface area contributed by atoms with E-state index in [2.05, 4.69) is 0 Å². The fraction of sp³-hybridized carbons (Fsp3) is 0.333. The fourth-order valence-corrected chi connectivity index (χ4v) is 1.96. The molecule has 0 bridgehead atoms. The first-order chi connectivity index (χ1) is 6.60. The topological polar surface area (TPSA) is 80.4 Å². The Bertz CT molecular complexity index is 477. The van der Waals surface area contributed by atoms with Gasteiger partial charge in [-0.05, 0) is 37.6 Å². The molecule has 1 aromatic rings. The highest BCUT2D eigenvalue weighted by molar-refractivity contribution is 7.89. The van der Waals surface area contributed by atoms with Crippen molar-refractivity contribution >= 4 is 21.6 Å². The Morgan fingerprint density at radius 3 is 2.27 bits per heavy atom. The number of halogens is 1. The van der Waals surface area contributed by atoms with Gasteiger partial charge < -0.3 is 5.11 Å².